The van der Waals surface area contributed by atoms with Crippen molar-refractivity contribution >= 4 is 11.8 Å². The molecular weight excluding hydrogens is 316 g/mol. The molecule has 3 rings (SSSR count). The number of nitrogens with one attached hydrogen (secondary N) is 1. The summed E-state index contributed by atoms with van der Waals surface area (Å²) < 4.78 is 5.77. The molecule has 1 saturated heterocycles. The van der Waals surface area contributed by atoms with Gasteiger partial charge in [-0.05, 0) is 11.1 Å². The first kappa shape index (κ1) is 17.2. The minimum Gasteiger partial charge on any atom is -0.370 e. The minimum absolute atomic E-state index is 0.0210. The van der Waals surface area contributed by atoms with Crippen molar-refractivity contribution in [2.45, 2.75) is 12.5 Å². The highest BCUT2D eigenvalue weighted by Gasteiger charge is 2.25. The first-order chi connectivity index (χ1) is 12.2. The number of carbonyl (C=O) groups is 2. The van der Waals surface area contributed by atoms with Gasteiger partial charge in [-0.2, -0.15) is 0 Å². The lowest BCUT2D eigenvalue weighted by atomic mass is 10.1. The highest BCUT2D eigenvalue weighted by atomic mass is 16.5. The number of amides is 2. The Labute approximate surface area is 147 Å². The number of hydrogen-bond acceptors (Lipinski definition) is 3. The Kier molecular flexibility index (Phi) is 5.80. The summed E-state index contributed by atoms with van der Waals surface area (Å²) >= 11 is 0. The number of ether oxygens (including phenoxy) is 1. The van der Waals surface area contributed by atoms with Crippen LogP contribution in [0.25, 0.3) is 0 Å². The van der Waals surface area contributed by atoms with Crippen molar-refractivity contribution in [1.82, 2.24) is 10.2 Å². The van der Waals surface area contributed by atoms with Gasteiger partial charge in [0.05, 0.1) is 26.1 Å². The van der Waals surface area contributed by atoms with Crippen molar-refractivity contribution < 1.29 is 14.3 Å². The monoisotopic (exact) mass is 338 g/mol. The summed E-state index contributed by atoms with van der Waals surface area (Å²) in [5.41, 5.74) is 2.00. The zero-order chi connectivity index (χ0) is 17.5. The van der Waals surface area contributed by atoms with Crippen molar-refractivity contribution in [2.24, 2.45) is 0 Å². The van der Waals surface area contributed by atoms with Crippen molar-refractivity contribution in [3.8, 4) is 0 Å². The van der Waals surface area contributed by atoms with E-state index in [-0.39, 0.29) is 30.9 Å². The summed E-state index contributed by atoms with van der Waals surface area (Å²) in [7, 11) is 0. The van der Waals surface area contributed by atoms with Crippen LogP contribution in [0.4, 0.5) is 0 Å². The Morgan fingerprint density at radius 1 is 1.04 bits per heavy atom. The minimum atomic E-state index is -0.146. The zero-order valence-corrected chi connectivity index (χ0v) is 14.1. The first-order valence-corrected chi connectivity index (χ1v) is 8.47. The molecule has 1 aliphatic heterocycles. The topological polar surface area (TPSA) is 58.6 Å². The summed E-state index contributed by atoms with van der Waals surface area (Å²) in [6.07, 6.45) is 0.170. The predicted octanol–water partition coefficient (Wildman–Crippen LogP) is 1.95. The lowest BCUT2D eigenvalue weighted by molar-refractivity contribution is -0.139. The normalized spacial score (nSPS) is 17.1. The number of nitrogens with zero attached hydrogens (tertiary/aromatic N) is 1. The molecule has 1 heterocycles. The van der Waals surface area contributed by atoms with Gasteiger partial charge in [-0.1, -0.05) is 60.7 Å². The maximum atomic E-state index is 12.4. The molecule has 25 heavy (non-hydrogen) atoms. The third-order valence-electron chi connectivity index (χ3n) is 4.23. The first-order valence-electron chi connectivity index (χ1n) is 8.47. The molecular formula is C20H22N2O3. The number of carbonyl (C=O) groups excluding carboxylic acids is 2. The SMILES string of the molecule is O=C(Cc1ccccc1)NCC(=O)N1CCO[C@H](c2ccccc2)C1. The molecule has 1 aliphatic rings. The second-order valence-corrected chi connectivity index (χ2v) is 6.05. The number of hydrogen-bond donors (Lipinski definition) is 1. The molecule has 1 atom stereocenters. The van der Waals surface area contributed by atoms with Crippen LogP contribution >= 0.6 is 0 Å². The summed E-state index contributed by atoms with van der Waals surface area (Å²) in [5, 5.41) is 2.71. The summed E-state index contributed by atoms with van der Waals surface area (Å²) in [6, 6.07) is 19.4. The van der Waals surface area contributed by atoms with Gasteiger partial charge in [-0.25, -0.2) is 0 Å². The lowest BCUT2D eigenvalue weighted by Crippen LogP contribution is -2.46. The van der Waals surface area contributed by atoms with Crippen LogP contribution in [-0.4, -0.2) is 43.0 Å². The Balaban J connectivity index is 1.48. The van der Waals surface area contributed by atoms with E-state index in [0.717, 1.165) is 11.1 Å². The Morgan fingerprint density at radius 3 is 2.44 bits per heavy atom. The molecule has 0 spiro atoms. The largest absolute Gasteiger partial charge is 0.370 e. The molecule has 1 fully saturated rings. The highest BCUT2D eigenvalue weighted by molar-refractivity contribution is 5.85. The van der Waals surface area contributed by atoms with E-state index in [0.29, 0.717) is 19.7 Å². The Bertz CT molecular complexity index is 703. The second-order valence-electron chi connectivity index (χ2n) is 6.05. The molecule has 0 radical (unpaired) electrons. The van der Waals surface area contributed by atoms with E-state index < -0.39 is 0 Å². The van der Waals surface area contributed by atoms with Gasteiger partial charge in [0.25, 0.3) is 0 Å². The van der Waals surface area contributed by atoms with Gasteiger partial charge in [0.1, 0.15) is 6.10 Å². The van der Waals surface area contributed by atoms with E-state index in [1.165, 1.54) is 0 Å². The Morgan fingerprint density at radius 2 is 1.72 bits per heavy atom. The molecule has 2 aromatic rings. The number of rotatable bonds is 5. The van der Waals surface area contributed by atoms with Crippen LogP contribution in [-0.2, 0) is 20.7 Å². The quantitative estimate of drug-likeness (QED) is 0.906. The van der Waals surface area contributed by atoms with Crippen LogP contribution < -0.4 is 5.32 Å². The van der Waals surface area contributed by atoms with E-state index in [2.05, 4.69) is 5.32 Å². The van der Waals surface area contributed by atoms with Gasteiger partial charge < -0.3 is 15.0 Å². The fourth-order valence-corrected chi connectivity index (χ4v) is 2.87. The average Bonchev–Trinajstić information content (AvgIpc) is 2.68. The molecule has 130 valence electrons. The second kappa shape index (κ2) is 8.44. The lowest BCUT2D eigenvalue weighted by Gasteiger charge is -2.33. The van der Waals surface area contributed by atoms with Gasteiger partial charge in [0, 0.05) is 6.54 Å². The summed E-state index contributed by atoms with van der Waals surface area (Å²) in [5.74, 6) is -0.224. The molecule has 1 N–H and O–H groups in total. The Hall–Kier alpha value is -2.66. The fraction of sp³-hybridized carbons (Fsp3) is 0.300. The molecule has 5 nitrogen and oxygen atoms in total. The molecule has 0 bridgehead atoms. The van der Waals surface area contributed by atoms with Crippen molar-refractivity contribution in [1.29, 1.82) is 0 Å². The molecule has 2 aromatic carbocycles. The van der Waals surface area contributed by atoms with E-state index in [1.54, 1.807) is 4.90 Å². The van der Waals surface area contributed by atoms with Crippen molar-refractivity contribution in [3.05, 3.63) is 71.8 Å². The van der Waals surface area contributed by atoms with Gasteiger partial charge in [0.2, 0.25) is 11.8 Å². The predicted molar refractivity (Wildman–Crippen MR) is 94.9 cm³/mol. The van der Waals surface area contributed by atoms with Crippen molar-refractivity contribution in [3.63, 3.8) is 0 Å². The van der Waals surface area contributed by atoms with E-state index >= 15 is 0 Å². The molecule has 0 unspecified atom stereocenters. The zero-order valence-electron chi connectivity index (χ0n) is 14.1. The van der Waals surface area contributed by atoms with Gasteiger partial charge in [-0.3, -0.25) is 9.59 Å². The van der Waals surface area contributed by atoms with Gasteiger partial charge in [0.15, 0.2) is 0 Å². The number of benzene rings is 2. The standard InChI is InChI=1S/C20H22N2O3/c23-19(13-16-7-3-1-4-8-16)21-14-20(24)22-11-12-25-18(15-22)17-9-5-2-6-10-17/h1-10,18H,11-15H2,(H,21,23)/t18-/m0/s1. The van der Waals surface area contributed by atoms with E-state index in [4.69, 9.17) is 4.74 Å². The summed E-state index contributed by atoms with van der Waals surface area (Å²) in [6.45, 7) is 1.59. The van der Waals surface area contributed by atoms with Crippen LogP contribution in [0.3, 0.4) is 0 Å². The average molecular weight is 338 g/mol. The number of morpholine rings is 1. The van der Waals surface area contributed by atoms with Crippen LogP contribution in [0, 0.1) is 0 Å². The molecule has 0 saturated carbocycles. The summed E-state index contributed by atoms with van der Waals surface area (Å²) in [4.78, 5) is 26.1. The third-order valence-corrected chi connectivity index (χ3v) is 4.23. The molecule has 2 amide bonds. The van der Waals surface area contributed by atoms with Crippen molar-refractivity contribution in [2.75, 3.05) is 26.2 Å². The van der Waals surface area contributed by atoms with E-state index in [9.17, 15) is 9.59 Å². The molecule has 0 aliphatic carbocycles. The highest BCUT2D eigenvalue weighted by Crippen LogP contribution is 2.21. The maximum absolute atomic E-state index is 12.4. The fourth-order valence-electron chi connectivity index (χ4n) is 2.87. The van der Waals surface area contributed by atoms with Crippen LogP contribution in [0.15, 0.2) is 60.7 Å². The van der Waals surface area contributed by atoms with Crippen LogP contribution in [0.5, 0.6) is 0 Å². The smallest absolute Gasteiger partial charge is 0.242 e. The van der Waals surface area contributed by atoms with E-state index in [1.807, 2.05) is 60.7 Å². The van der Waals surface area contributed by atoms with Crippen LogP contribution in [0.2, 0.25) is 0 Å². The van der Waals surface area contributed by atoms with Gasteiger partial charge >= 0.3 is 0 Å². The van der Waals surface area contributed by atoms with Gasteiger partial charge in [-0.15, -0.1) is 0 Å². The third kappa shape index (κ3) is 4.90. The molecule has 5 heteroatoms. The van der Waals surface area contributed by atoms with Crippen LogP contribution in [0.1, 0.15) is 17.2 Å². The molecule has 0 aromatic heterocycles. The maximum Gasteiger partial charge on any atom is 0.242 e.